The van der Waals surface area contributed by atoms with E-state index in [4.69, 9.17) is 18.7 Å². The highest BCUT2D eigenvalue weighted by atomic mass is 16.5. The molecule has 0 aliphatic carbocycles. The lowest BCUT2D eigenvalue weighted by Crippen LogP contribution is -2.38. The molecular formula is C19H17N3O5. The molecule has 0 fully saturated rings. The summed E-state index contributed by atoms with van der Waals surface area (Å²) in [5.41, 5.74) is 1.31. The summed E-state index contributed by atoms with van der Waals surface area (Å²) in [6.07, 6.45) is 0. The Hall–Kier alpha value is -3.55. The molecule has 0 N–H and O–H groups in total. The first-order valence-corrected chi connectivity index (χ1v) is 8.27. The highest BCUT2D eigenvalue weighted by molar-refractivity contribution is 5.97. The Bertz CT molecular complexity index is 985. The summed E-state index contributed by atoms with van der Waals surface area (Å²) in [5, 5.41) is 4.03. The highest BCUT2D eigenvalue weighted by Crippen LogP contribution is 2.37. The van der Waals surface area contributed by atoms with Crippen molar-refractivity contribution in [1.29, 1.82) is 0 Å². The number of nitrogens with zero attached hydrogens (tertiary/aromatic N) is 3. The van der Waals surface area contributed by atoms with Crippen LogP contribution < -0.4 is 19.1 Å². The second kappa shape index (κ2) is 6.99. The van der Waals surface area contributed by atoms with Crippen LogP contribution >= 0.6 is 0 Å². The molecule has 2 heterocycles. The van der Waals surface area contributed by atoms with Gasteiger partial charge >= 0.3 is 0 Å². The number of amides is 1. The van der Waals surface area contributed by atoms with Gasteiger partial charge in [0.05, 0.1) is 25.5 Å². The zero-order valence-corrected chi connectivity index (χ0v) is 14.8. The Labute approximate surface area is 155 Å². The van der Waals surface area contributed by atoms with E-state index in [9.17, 15) is 4.79 Å². The first-order valence-electron chi connectivity index (χ1n) is 8.27. The summed E-state index contributed by atoms with van der Waals surface area (Å²) < 4.78 is 21.5. The van der Waals surface area contributed by atoms with Gasteiger partial charge in [0.1, 0.15) is 12.3 Å². The number of methoxy groups -OCH3 is 2. The van der Waals surface area contributed by atoms with Gasteiger partial charge in [-0.25, -0.2) is 0 Å². The van der Waals surface area contributed by atoms with Crippen LogP contribution in [0.2, 0.25) is 0 Å². The molecule has 0 spiro atoms. The SMILES string of the molecule is COc1cccc(-c2noc(CN3C(=O)COc4ccccc43)n2)c1OC. The number of hydrogen-bond donors (Lipinski definition) is 0. The van der Waals surface area contributed by atoms with Crippen molar-refractivity contribution >= 4 is 11.6 Å². The average Bonchev–Trinajstić information content (AvgIpc) is 3.18. The van der Waals surface area contributed by atoms with Gasteiger partial charge in [0.15, 0.2) is 18.1 Å². The van der Waals surface area contributed by atoms with Crippen molar-refractivity contribution < 1.29 is 23.5 Å². The highest BCUT2D eigenvalue weighted by Gasteiger charge is 2.27. The van der Waals surface area contributed by atoms with Crippen molar-refractivity contribution in [1.82, 2.24) is 10.1 Å². The normalized spacial score (nSPS) is 13.1. The number of para-hydroxylation sites is 3. The molecule has 0 unspecified atom stereocenters. The van der Waals surface area contributed by atoms with Gasteiger partial charge in [0.2, 0.25) is 11.7 Å². The Kier molecular flexibility index (Phi) is 4.37. The zero-order chi connectivity index (χ0) is 18.8. The molecule has 138 valence electrons. The van der Waals surface area contributed by atoms with Gasteiger partial charge in [-0.05, 0) is 24.3 Å². The lowest BCUT2D eigenvalue weighted by Gasteiger charge is -2.27. The van der Waals surface area contributed by atoms with Crippen molar-refractivity contribution in [3.8, 4) is 28.6 Å². The van der Waals surface area contributed by atoms with E-state index >= 15 is 0 Å². The van der Waals surface area contributed by atoms with Crippen LogP contribution in [0.3, 0.4) is 0 Å². The van der Waals surface area contributed by atoms with Gasteiger partial charge in [-0.3, -0.25) is 9.69 Å². The minimum atomic E-state index is -0.174. The van der Waals surface area contributed by atoms with Crippen LogP contribution in [-0.4, -0.2) is 36.9 Å². The van der Waals surface area contributed by atoms with Crippen molar-refractivity contribution in [2.75, 3.05) is 25.7 Å². The molecule has 1 aliphatic heterocycles. The number of aromatic nitrogens is 2. The molecule has 0 saturated heterocycles. The fraction of sp³-hybridized carbons (Fsp3) is 0.211. The smallest absolute Gasteiger partial charge is 0.265 e. The molecule has 27 heavy (non-hydrogen) atoms. The lowest BCUT2D eigenvalue weighted by atomic mass is 10.1. The molecule has 0 atom stereocenters. The van der Waals surface area contributed by atoms with Gasteiger partial charge in [0, 0.05) is 0 Å². The first-order chi connectivity index (χ1) is 13.2. The van der Waals surface area contributed by atoms with E-state index in [1.54, 1.807) is 25.2 Å². The molecule has 3 aromatic rings. The number of hydrogen-bond acceptors (Lipinski definition) is 7. The molecule has 8 nitrogen and oxygen atoms in total. The summed E-state index contributed by atoms with van der Waals surface area (Å²) in [5.74, 6) is 2.21. The molecule has 0 bridgehead atoms. The number of fused-ring (bicyclic) bond motifs is 1. The van der Waals surface area contributed by atoms with Crippen LogP contribution in [0.25, 0.3) is 11.4 Å². The van der Waals surface area contributed by atoms with E-state index < -0.39 is 0 Å². The average molecular weight is 367 g/mol. The molecule has 1 amide bonds. The maximum atomic E-state index is 12.3. The predicted molar refractivity (Wildman–Crippen MR) is 96.0 cm³/mol. The Balaban J connectivity index is 1.64. The fourth-order valence-electron chi connectivity index (χ4n) is 2.95. The lowest BCUT2D eigenvalue weighted by molar-refractivity contribution is -0.121. The summed E-state index contributed by atoms with van der Waals surface area (Å²) >= 11 is 0. The molecule has 0 radical (unpaired) electrons. The molecule has 1 aromatic heterocycles. The summed E-state index contributed by atoms with van der Waals surface area (Å²) in [7, 11) is 3.11. The number of anilines is 1. The summed E-state index contributed by atoms with van der Waals surface area (Å²) in [4.78, 5) is 18.3. The Morgan fingerprint density at radius 3 is 2.78 bits per heavy atom. The second-order valence-corrected chi connectivity index (χ2v) is 5.79. The quantitative estimate of drug-likeness (QED) is 0.685. The van der Waals surface area contributed by atoms with Crippen LogP contribution in [0.1, 0.15) is 5.89 Å². The van der Waals surface area contributed by atoms with Gasteiger partial charge in [0.25, 0.3) is 5.91 Å². The number of rotatable bonds is 5. The van der Waals surface area contributed by atoms with E-state index in [1.807, 2.05) is 36.4 Å². The van der Waals surface area contributed by atoms with Gasteiger partial charge in [-0.2, -0.15) is 4.98 Å². The summed E-state index contributed by atoms with van der Waals surface area (Å²) in [6, 6.07) is 12.7. The van der Waals surface area contributed by atoms with Crippen LogP contribution in [-0.2, 0) is 11.3 Å². The van der Waals surface area contributed by atoms with Crippen LogP contribution in [0.4, 0.5) is 5.69 Å². The largest absolute Gasteiger partial charge is 0.493 e. The van der Waals surface area contributed by atoms with E-state index in [-0.39, 0.29) is 19.1 Å². The fourth-order valence-corrected chi connectivity index (χ4v) is 2.95. The van der Waals surface area contributed by atoms with E-state index in [1.165, 1.54) is 0 Å². The molecule has 1 aliphatic rings. The first kappa shape index (κ1) is 16.9. The van der Waals surface area contributed by atoms with Crippen molar-refractivity contribution in [3.05, 3.63) is 48.4 Å². The van der Waals surface area contributed by atoms with E-state index in [2.05, 4.69) is 10.1 Å². The van der Waals surface area contributed by atoms with Gasteiger partial charge in [-0.1, -0.05) is 23.4 Å². The topological polar surface area (TPSA) is 86.9 Å². The van der Waals surface area contributed by atoms with Crippen molar-refractivity contribution in [2.24, 2.45) is 0 Å². The third-order valence-electron chi connectivity index (χ3n) is 4.21. The van der Waals surface area contributed by atoms with Crippen LogP contribution in [0, 0.1) is 0 Å². The minimum Gasteiger partial charge on any atom is -0.493 e. The molecular weight excluding hydrogens is 350 g/mol. The molecule has 4 rings (SSSR count). The second-order valence-electron chi connectivity index (χ2n) is 5.79. The number of ether oxygens (including phenoxy) is 3. The number of carbonyl (C=O) groups excluding carboxylic acids is 1. The third-order valence-corrected chi connectivity index (χ3v) is 4.21. The molecule has 2 aromatic carbocycles. The molecule has 8 heteroatoms. The monoisotopic (exact) mass is 367 g/mol. The minimum absolute atomic E-state index is 0.0261. The van der Waals surface area contributed by atoms with Gasteiger partial charge < -0.3 is 18.7 Å². The molecule has 0 saturated carbocycles. The maximum Gasteiger partial charge on any atom is 0.265 e. The summed E-state index contributed by atoms with van der Waals surface area (Å²) in [6.45, 7) is 0.125. The zero-order valence-electron chi connectivity index (χ0n) is 14.8. The van der Waals surface area contributed by atoms with Crippen molar-refractivity contribution in [3.63, 3.8) is 0 Å². The van der Waals surface area contributed by atoms with E-state index in [0.717, 1.165) is 0 Å². The van der Waals surface area contributed by atoms with Gasteiger partial charge in [-0.15, -0.1) is 0 Å². The van der Waals surface area contributed by atoms with E-state index in [0.29, 0.717) is 40.2 Å². The van der Waals surface area contributed by atoms with Crippen LogP contribution in [0.15, 0.2) is 47.0 Å². The third kappa shape index (κ3) is 3.05. The van der Waals surface area contributed by atoms with Crippen molar-refractivity contribution in [2.45, 2.75) is 6.54 Å². The Morgan fingerprint density at radius 2 is 1.96 bits per heavy atom. The number of benzene rings is 2. The standard InChI is InChI=1S/C19H17N3O5/c1-24-15-9-5-6-12(18(15)25-2)19-20-16(27-21-19)10-22-13-7-3-4-8-14(13)26-11-17(22)23/h3-9H,10-11H2,1-2H3. The number of carbonyl (C=O) groups is 1. The maximum absolute atomic E-state index is 12.3. The van der Waals surface area contributed by atoms with Crippen LogP contribution in [0.5, 0.6) is 17.2 Å². The predicted octanol–water partition coefficient (Wildman–Crippen LogP) is 2.68. The Morgan fingerprint density at radius 1 is 1.11 bits per heavy atom.